The quantitative estimate of drug-likeness (QED) is 0.429. The highest BCUT2D eigenvalue weighted by molar-refractivity contribution is 5.69. The van der Waals surface area contributed by atoms with Crippen molar-refractivity contribution in [2.75, 3.05) is 0 Å². The van der Waals surface area contributed by atoms with Gasteiger partial charge in [0, 0.05) is 12.0 Å². The van der Waals surface area contributed by atoms with Gasteiger partial charge in [0.1, 0.15) is 6.61 Å². The third-order valence-electron chi connectivity index (χ3n) is 1.84. The lowest BCUT2D eigenvalue weighted by Crippen LogP contribution is -2.02. The molecule has 0 N–H and O–H groups in total. The van der Waals surface area contributed by atoms with Crippen molar-refractivity contribution in [2.24, 2.45) is 4.99 Å². The molecule has 0 aromatic heterocycles. The van der Waals surface area contributed by atoms with Crippen LogP contribution in [0, 0.1) is 0 Å². The van der Waals surface area contributed by atoms with Crippen molar-refractivity contribution >= 4 is 17.7 Å². The van der Waals surface area contributed by atoms with Gasteiger partial charge in [0.2, 0.25) is 6.08 Å². The number of rotatable bonds is 4. The normalized spacial score (nSPS) is 9.13. The minimum Gasteiger partial charge on any atom is -0.461 e. The second kappa shape index (κ2) is 5.73. The van der Waals surface area contributed by atoms with Crippen LogP contribution in [-0.2, 0) is 20.9 Å². The SMILES string of the molecule is CCC(=O)OCc1ccccc1N=C=O. The third-order valence-corrected chi connectivity index (χ3v) is 1.84. The molecule has 4 heteroatoms. The Morgan fingerprint density at radius 3 is 2.87 bits per heavy atom. The van der Waals surface area contributed by atoms with E-state index in [2.05, 4.69) is 4.99 Å². The molecule has 78 valence electrons. The van der Waals surface area contributed by atoms with Gasteiger partial charge in [-0.3, -0.25) is 4.79 Å². The second-order valence-electron chi connectivity index (χ2n) is 2.85. The van der Waals surface area contributed by atoms with Crippen LogP contribution in [0.3, 0.4) is 0 Å². The fourth-order valence-corrected chi connectivity index (χ4v) is 1.05. The molecular weight excluding hydrogens is 194 g/mol. The summed E-state index contributed by atoms with van der Waals surface area (Å²) in [6.07, 6.45) is 1.79. The smallest absolute Gasteiger partial charge is 0.305 e. The summed E-state index contributed by atoms with van der Waals surface area (Å²) in [5.74, 6) is -0.278. The van der Waals surface area contributed by atoms with Crippen molar-refractivity contribution in [1.29, 1.82) is 0 Å². The van der Waals surface area contributed by atoms with Crippen molar-refractivity contribution in [3.05, 3.63) is 29.8 Å². The van der Waals surface area contributed by atoms with Gasteiger partial charge in [0.25, 0.3) is 0 Å². The number of carbonyl (C=O) groups is 1. The molecule has 0 aliphatic rings. The van der Waals surface area contributed by atoms with E-state index in [0.29, 0.717) is 17.7 Å². The number of benzene rings is 1. The minimum atomic E-state index is -0.278. The largest absolute Gasteiger partial charge is 0.461 e. The molecule has 0 fully saturated rings. The first-order chi connectivity index (χ1) is 7.27. The molecule has 0 aliphatic carbocycles. The van der Waals surface area contributed by atoms with Gasteiger partial charge in [0.15, 0.2) is 0 Å². The molecule has 0 saturated heterocycles. The monoisotopic (exact) mass is 205 g/mol. The van der Waals surface area contributed by atoms with E-state index in [9.17, 15) is 9.59 Å². The zero-order valence-electron chi connectivity index (χ0n) is 8.40. The average molecular weight is 205 g/mol. The lowest BCUT2D eigenvalue weighted by Gasteiger charge is -2.04. The molecule has 1 rings (SSSR count). The number of aliphatic imine (C=N–C) groups is 1. The molecule has 0 amide bonds. The Labute approximate surface area is 87.6 Å². The van der Waals surface area contributed by atoms with Gasteiger partial charge < -0.3 is 4.74 Å². The standard InChI is InChI=1S/C11H11NO3/c1-2-11(14)15-7-9-5-3-4-6-10(9)12-8-13/h3-6H,2,7H2,1H3. The van der Waals surface area contributed by atoms with E-state index in [4.69, 9.17) is 4.74 Å². The number of carbonyl (C=O) groups excluding carboxylic acids is 2. The number of para-hydroxylation sites is 1. The molecule has 0 spiro atoms. The number of esters is 1. The summed E-state index contributed by atoms with van der Waals surface area (Å²) in [4.78, 5) is 24.6. The molecule has 15 heavy (non-hydrogen) atoms. The van der Waals surface area contributed by atoms with E-state index in [-0.39, 0.29) is 12.6 Å². The molecule has 0 saturated carbocycles. The molecular formula is C11H11NO3. The lowest BCUT2D eigenvalue weighted by atomic mass is 10.2. The molecule has 0 aliphatic heterocycles. The molecule has 0 heterocycles. The molecule has 0 atom stereocenters. The lowest BCUT2D eigenvalue weighted by molar-refractivity contribution is -0.144. The van der Waals surface area contributed by atoms with Crippen LogP contribution in [0.2, 0.25) is 0 Å². The van der Waals surface area contributed by atoms with Crippen LogP contribution in [0.25, 0.3) is 0 Å². The molecule has 4 nitrogen and oxygen atoms in total. The Kier molecular flexibility index (Phi) is 4.26. The Bertz CT molecular complexity index is 395. The van der Waals surface area contributed by atoms with E-state index in [1.54, 1.807) is 31.2 Å². The average Bonchev–Trinajstić information content (AvgIpc) is 2.28. The van der Waals surface area contributed by atoms with Gasteiger partial charge >= 0.3 is 5.97 Å². The van der Waals surface area contributed by atoms with Crippen molar-refractivity contribution in [3.8, 4) is 0 Å². The van der Waals surface area contributed by atoms with Gasteiger partial charge in [0.05, 0.1) is 5.69 Å². The maximum Gasteiger partial charge on any atom is 0.305 e. The highest BCUT2D eigenvalue weighted by atomic mass is 16.5. The summed E-state index contributed by atoms with van der Waals surface area (Å²) >= 11 is 0. The van der Waals surface area contributed by atoms with Crippen molar-refractivity contribution in [3.63, 3.8) is 0 Å². The van der Waals surface area contributed by atoms with Gasteiger partial charge in [-0.2, -0.15) is 4.99 Å². The van der Waals surface area contributed by atoms with Gasteiger partial charge in [-0.15, -0.1) is 0 Å². The van der Waals surface area contributed by atoms with Crippen LogP contribution in [0.4, 0.5) is 5.69 Å². The summed E-state index contributed by atoms with van der Waals surface area (Å²) in [7, 11) is 0. The number of ether oxygens (including phenoxy) is 1. The van der Waals surface area contributed by atoms with Crippen molar-refractivity contribution in [2.45, 2.75) is 20.0 Å². The summed E-state index contributed by atoms with van der Waals surface area (Å²) in [5, 5.41) is 0. The maximum absolute atomic E-state index is 10.9. The Morgan fingerprint density at radius 1 is 1.47 bits per heavy atom. The predicted octanol–water partition coefficient (Wildman–Crippen LogP) is 2.11. The first kappa shape index (κ1) is 11.1. The fourth-order valence-electron chi connectivity index (χ4n) is 1.05. The van der Waals surface area contributed by atoms with Crippen LogP contribution in [0.5, 0.6) is 0 Å². The number of hydrogen-bond acceptors (Lipinski definition) is 4. The Hall–Kier alpha value is -1.93. The Morgan fingerprint density at radius 2 is 2.20 bits per heavy atom. The Balaban J connectivity index is 2.75. The van der Waals surface area contributed by atoms with Crippen LogP contribution < -0.4 is 0 Å². The fraction of sp³-hybridized carbons (Fsp3) is 0.273. The van der Waals surface area contributed by atoms with Crippen LogP contribution in [0.1, 0.15) is 18.9 Å². The third kappa shape index (κ3) is 3.37. The van der Waals surface area contributed by atoms with Crippen molar-refractivity contribution < 1.29 is 14.3 Å². The maximum atomic E-state index is 10.9. The van der Waals surface area contributed by atoms with E-state index < -0.39 is 0 Å². The second-order valence-corrected chi connectivity index (χ2v) is 2.85. The predicted molar refractivity (Wildman–Crippen MR) is 54.3 cm³/mol. The summed E-state index contributed by atoms with van der Waals surface area (Å²) in [6.45, 7) is 1.85. The number of nitrogens with zero attached hydrogens (tertiary/aromatic N) is 1. The van der Waals surface area contributed by atoms with Gasteiger partial charge in [-0.25, -0.2) is 4.79 Å². The topological polar surface area (TPSA) is 55.7 Å². The summed E-state index contributed by atoms with van der Waals surface area (Å²) in [6, 6.07) is 6.96. The highest BCUT2D eigenvalue weighted by Crippen LogP contribution is 2.18. The van der Waals surface area contributed by atoms with Crippen LogP contribution in [-0.4, -0.2) is 12.0 Å². The molecule has 1 aromatic carbocycles. The molecule has 1 aromatic rings. The van der Waals surface area contributed by atoms with E-state index in [1.165, 1.54) is 6.08 Å². The summed E-state index contributed by atoms with van der Waals surface area (Å²) < 4.78 is 4.94. The van der Waals surface area contributed by atoms with Gasteiger partial charge in [-0.05, 0) is 6.07 Å². The summed E-state index contributed by atoms with van der Waals surface area (Å²) in [5.41, 5.74) is 1.18. The van der Waals surface area contributed by atoms with E-state index >= 15 is 0 Å². The van der Waals surface area contributed by atoms with Crippen molar-refractivity contribution in [1.82, 2.24) is 0 Å². The molecule has 0 unspecified atom stereocenters. The van der Waals surface area contributed by atoms with Crippen LogP contribution >= 0.6 is 0 Å². The number of isocyanates is 1. The minimum absolute atomic E-state index is 0.133. The van der Waals surface area contributed by atoms with E-state index in [1.807, 2.05) is 0 Å². The van der Waals surface area contributed by atoms with Crippen LogP contribution in [0.15, 0.2) is 29.3 Å². The van der Waals surface area contributed by atoms with Gasteiger partial charge in [-0.1, -0.05) is 25.1 Å². The first-order valence-electron chi connectivity index (χ1n) is 4.59. The highest BCUT2D eigenvalue weighted by Gasteiger charge is 2.03. The number of hydrogen-bond donors (Lipinski definition) is 0. The molecule has 0 bridgehead atoms. The molecule has 0 radical (unpaired) electrons. The first-order valence-corrected chi connectivity index (χ1v) is 4.59. The zero-order valence-corrected chi connectivity index (χ0v) is 8.40. The zero-order chi connectivity index (χ0) is 11.1. The van der Waals surface area contributed by atoms with E-state index in [0.717, 1.165) is 0 Å².